The molecule has 0 aliphatic carbocycles. The number of carbonyl (C=O) groups excluding carboxylic acids is 1. The summed E-state index contributed by atoms with van der Waals surface area (Å²) in [5.41, 5.74) is 3.75. The molecule has 106 valence electrons. The number of esters is 1. The Hall–Kier alpha value is -2.54. The van der Waals surface area contributed by atoms with Crippen molar-refractivity contribution in [3.05, 3.63) is 59.1 Å². The van der Waals surface area contributed by atoms with Gasteiger partial charge in [0.05, 0.1) is 11.2 Å². The van der Waals surface area contributed by atoms with E-state index in [1.54, 1.807) is 21.9 Å². The maximum Gasteiger partial charge on any atom is 0.358 e. The third-order valence-corrected chi connectivity index (χ3v) is 3.56. The van der Waals surface area contributed by atoms with Crippen molar-refractivity contribution in [3.63, 3.8) is 0 Å². The number of thiazole rings is 1. The second-order valence-electron chi connectivity index (χ2n) is 4.35. The molecule has 0 N–H and O–H groups in total. The van der Waals surface area contributed by atoms with Crippen LogP contribution in [0.15, 0.2) is 47.8 Å². The molecule has 3 rings (SSSR count). The molecular weight excluding hydrogens is 288 g/mol. The van der Waals surface area contributed by atoms with E-state index in [0.29, 0.717) is 5.69 Å². The van der Waals surface area contributed by atoms with Gasteiger partial charge in [0.2, 0.25) is 0 Å². The van der Waals surface area contributed by atoms with Gasteiger partial charge in [-0.2, -0.15) is 5.10 Å². The van der Waals surface area contributed by atoms with Crippen LogP contribution in [-0.4, -0.2) is 25.7 Å². The monoisotopic (exact) mass is 300 g/mol. The first-order chi connectivity index (χ1) is 10.2. The lowest BCUT2D eigenvalue weighted by Gasteiger charge is -2.13. The molecule has 0 fully saturated rings. The molecule has 2 aromatic heterocycles. The maximum atomic E-state index is 11.8. The first-order valence-corrected chi connectivity index (χ1v) is 7.22. The number of rotatable bonds is 4. The van der Waals surface area contributed by atoms with Crippen molar-refractivity contribution in [2.75, 3.05) is 0 Å². The van der Waals surface area contributed by atoms with Crippen LogP contribution in [-0.2, 0) is 4.74 Å². The molecule has 1 atom stereocenters. The average molecular weight is 300 g/mol. The first kappa shape index (κ1) is 13.4. The van der Waals surface area contributed by atoms with Crippen LogP contribution in [0.5, 0.6) is 0 Å². The number of benzene rings is 1. The Labute approximate surface area is 125 Å². The Morgan fingerprint density at radius 2 is 2.14 bits per heavy atom. The van der Waals surface area contributed by atoms with Crippen molar-refractivity contribution >= 4 is 17.3 Å². The Kier molecular flexibility index (Phi) is 3.74. The van der Waals surface area contributed by atoms with Gasteiger partial charge in [-0.05, 0) is 24.6 Å². The van der Waals surface area contributed by atoms with Gasteiger partial charge in [-0.3, -0.25) is 0 Å². The van der Waals surface area contributed by atoms with Gasteiger partial charge in [-0.15, -0.1) is 11.3 Å². The molecule has 3 aromatic rings. The van der Waals surface area contributed by atoms with Crippen molar-refractivity contribution in [2.24, 2.45) is 0 Å². The standard InChI is InChI=1S/C14H12N4O2S/c1-10(20-14(19)13-6-21-9-16-13)11-2-4-12(5-3-11)18-8-15-7-17-18/h2-10H,1H3/t10-/m0/s1. The highest BCUT2D eigenvalue weighted by atomic mass is 32.1. The van der Waals surface area contributed by atoms with Crippen LogP contribution in [0, 0.1) is 0 Å². The summed E-state index contributed by atoms with van der Waals surface area (Å²) in [7, 11) is 0. The third kappa shape index (κ3) is 2.97. The van der Waals surface area contributed by atoms with Gasteiger partial charge in [0.25, 0.3) is 0 Å². The van der Waals surface area contributed by atoms with Gasteiger partial charge in [0.1, 0.15) is 18.8 Å². The van der Waals surface area contributed by atoms with Crippen LogP contribution in [0.3, 0.4) is 0 Å². The van der Waals surface area contributed by atoms with E-state index in [2.05, 4.69) is 15.1 Å². The van der Waals surface area contributed by atoms with E-state index >= 15 is 0 Å². The Bertz CT molecular complexity index is 708. The summed E-state index contributed by atoms with van der Waals surface area (Å²) in [6.45, 7) is 1.83. The lowest BCUT2D eigenvalue weighted by Crippen LogP contribution is -2.09. The van der Waals surface area contributed by atoms with Crippen molar-refractivity contribution < 1.29 is 9.53 Å². The second-order valence-corrected chi connectivity index (χ2v) is 5.07. The van der Waals surface area contributed by atoms with Crippen molar-refractivity contribution in [1.82, 2.24) is 19.7 Å². The second kappa shape index (κ2) is 5.84. The van der Waals surface area contributed by atoms with Gasteiger partial charge >= 0.3 is 5.97 Å². The van der Waals surface area contributed by atoms with Crippen LogP contribution in [0.25, 0.3) is 5.69 Å². The molecule has 1 aromatic carbocycles. The average Bonchev–Trinajstić information content (AvgIpc) is 3.20. The van der Waals surface area contributed by atoms with E-state index in [1.165, 1.54) is 17.7 Å². The summed E-state index contributed by atoms with van der Waals surface area (Å²) in [4.78, 5) is 19.7. The van der Waals surface area contributed by atoms with E-state index < -0.39 is 5.97 Å². The highest BCUT2D eigenvalue weighted by molar-refractivity contribution is 7.07. The molecule has 21 heavy (non-hydrogen) atoms. The van der Waals surface area contributed by atoms with Crippen LogP contribution in [0.1, 0.15) is 29.1 Å². The number of hydrogen-bond donors (Lipinski definition) is 0. The topological polar surface area (TPSA) is 69.9 Å². The normalized spacial score (nSPS) is 12.0. The van der Waals surface area contributed by atoms with E-state index in [-0.39, 0.29) is 6.10 Å². The van der Waals surface area contributed by atoms with E-state index in [0.717, 1.165) is 11.3 Å². The lowest BCUT2D eigenvalue weighted by molar-refractivity contribution is 0.0332. The number of carbonyl (C=O) groups is 1. The van der Waals surface area contributed by atoms with Gasteiger partial charge in [0, 0.05) is 5.38 Å². The molecule has 0 bridgehead atoms. The molecule has 2 heterocycles. The summed E-state index contributed by atoms with van der Waals surface area (Å²) in [5, 5.41) is 5.73. The van der Waals surface area contributed by atoms with E-state index in [1.807, 2.05) is 31.2 Å². The van der Waals surface area contributed by atoms with Crippen LogP contribution in [0.2, 0.25) is 0 Å². The molecule has 0 saturated heterocycles. The summed E-state index contributed by atoms with van der Waals surface area (Å²) < 4.78 is 7.04. The molecule has 0 amide bonds. The number of nitrogens with zero attached hydrogens (tertiary/aromatic N) is 4. The van der Waals surface area contributed by atoms with Gasteiger partial charge in [-0.25, -0.2) is 19.4 Å². The van der Waals surface area contributed by atoms with Crippen LogP contribution >= 0.6 is 11.3 Å². The van der Waals surface area contributed by atoms with Gasteiger partial charge in [0.15, 0.2) is 5.69 Å². The third-order valence-electron chi connectivity index (χ3n) is 2.97. The summed E-state index contributed by atoms with van der Waals surface area (Å²) in [5.74, 6) is -0.413. The smallest absolute Gasteiger partial charge is 0.358 e. The van der Waals surface area contributed by atoms with Crippen molar-refractivity contribution in [3.8, 4) is 5.69 Å². The SMILES string of the molecule is C[C@H](OC(=O)c1cscn1)c1ccc(-n2cncn2)cc1. The quantitative estimate of drug-likeness (QED) is 0.693. The number of hydrogen-bond acceptors (Lipinski definition) is 6. The first-order valence-electron chi connectivity index (χ1n) is 6.28. The van der Waals surface area contributed by atoms with Crippen molar-refractivity contribution in [2.45, 2.75) is 13.0 Å². The minimum Gasteiger partial charge on any atom is -0.453 e. The van der Waals surface area contributed by atoms with E-state index in [4.69, 9.17) is 4.74 Å². The zero-order chi connectivity index (χ0) is 14.7. The largest absolute Gasteiger partial charge is 0.453 e. The highest BCUT2D eigenvalue weighted by Gasteiger charge is 2.15. The molecule has 0 unspecified atom stereocenters. The molecule has 0 aliphatic heterocycles. The zero-order valence-electron chi connectivity index (χ0n) is 11.2. The van der Waals surface area contributed by atoms with E-state index in [9.17, 15) is 4.79 Å². The van der Waals surface area contributed by atoms with Gasteiger partial charge in [-0.1, -0.05) is 12.1 Å². The molecule has 0 radical (unpaired) electrons. The number of ether oxygens (including phenoxy) is 1. The molecule has 0 spiro atoms. The predicted octanol–water partition coefficient (Wildman–Crippen LogP) is 2.64. The van der Waals surface area contributed by atoms with Crippen LogP contribution < -0.4 is 0 Å². The fraction of sp³-hybridized carbons (Fsp3) is 0.143. The van der Waals surface area contributed by atoms with Crippen molar-refractivity contribution in [1.29, 1.82) is 0 Å². The summed E-state index contributed by atoms with van der Waals surface area (Å²) >= 11 is 1.36. The molecule has 7 heteroatoms. The molecule has 0 aliphatic rings. The predicted molar refractivity (Wildman–Crippen MR) is 77.3 cm³/mol. The highest BCUT2D eigenvalue weighted by Crippen LogP contribution is 2.20. The summed E-state index contributed by atoms with van der Waals surface area (Å²) in [6, 6.07) is 7.60. The maximum absolute atomic E-state index is 11.8. The fourth-order valence-corrected chi connectivity index (χ4v) is 2.36. The molecule has 6 nitrogen and oxygen atoms in total. The van der Waals surface area contributed by atoms with Crippen LogP contribution in [0.4, 0.5) is 0 Å². The Balaban J connectivity index is 1.70. The molecule has 0 saturated carbocycles. The summed E-state index contributed by atoms with van der Waals surface area (Å²) in [6.07, 6.45) is 2.76. The molecular formula is C14H12N4O2S. The zero-order valence-corrected chi connectivity index (χ0v) is 12.0. The number of aromatic nitrogens is 4. The lowest BCUT2D eigenvalue weighted by atomic mass is 10.1. The minimum atomic E-state index is -0.413. The Morgan fingerprint density at radius 3 is 2.76 bits per heavy atom. The minimum absolute atomic E-state index is 0.339. The fourth-order valence-electron chi connectivity index (χ4n) is 1.84. The Morgan fingerprint density at radius 1 is 1.33 bits per heavy atom. The van der Waals surface area contributed by atoms with Gasteiger partial charge < -0.3 is 4.74 Å².